The molecule has 0 saturated heterocycles. The largest absolute Gasteiger partial charge is 0.364 e. The molecule has 1 aromatic carbocycles. The molecule has 0 aliphatic carbocycles. The first-order chi connectivity index (χ1) is 15.6. The van der Waals surface area contributed by atoms with Crippen LogP contribution in [0.15, 0.2) is 55.1 Å². The number of hydrogen-bond acceptors (Lipinski definition) is 7. The van der Waals surface area contributed by atoms with Crippen LogP contribution in [-0.4, -0.2) is 34.9 Å². The minimum atomic E-state index is 0.173. The lowest BCUT2D eigenvalue weighted by molar-refractivity contribution is 0.770. The lowest BCUT2D eigenvalue weighted by Gasteiger charge is -2.13. The number of aryl methyl sites for hydroxylation is 1. The quantitative estimate of drug-likeness (QED) is 0.423. The van der Waals surface area contributed by atoms with Gasteiger partial charge in [-0.05, 0) is 29.8 Å². The fourth-order valence-corrected chi connectivity index (χ4v) is 3.67. The first kappa shape index (κ1) is 19.7. The summed E-state index contributed by atoms with van der Waals surface area (Å²) in [7, 11) is 1.83. The predicted octanol–water partition coefficient (Wildman–Crippen LogP) is 3.95. The van der Waals surface area contributed by atoms with Crippen LogP contribution in [0, 0.1) is 11.3 Å². The molecule has 0 amide bonds. The van der Waals surface area contributed by atoms with E-state index >= 15 is 0 Å². The van der Waals surface area contributed by atoms with Crippen LogP contribution >= 0.6 is 11.6 Å². The van der Waals surface area contributed by atoms with E-state index in [0.717, 1.165) is 16.5 Å². The Labute approximate surface area is 187 Å². The van der Waals surface area contributed by atoms with E-state index in [9.17, 15) is 5.26 Å². The Kier molecular flexibility index (Phi) is 4.97. The Balaban J connectivity index is 1.66. The highest BCUT2D eigenvalue weighted by Gasteiger charge is 2.20. The standard InChI is InChI=1S/C22H16ClN9/c1-32-6-4-17(31-32)21-20(14-7-15-12-27-30-19(15)16(23)8-14)28-18(9-24)22(29-21)26-11-13-3-2-5-25-10-13/h2-8,10,12H,11H2,1H3,(H,26,29)(H,27,30). The van der Waals surface area contributed by atoms with Crippen LogP contribution in [0.2, 0.25) is 5.02 Å². The zero-order valence-corrected chi connectivity index (χ0v) is 17.7. The molecule has 0 aliphatic heterocycles. The van der Waals surface area contributed by atoms with Crippen molar-refractivity contribution in [2.75, 3.05) is 5.32 Å². The van der Waals surface area contributed by atoms with E-state index in [1.807, 2.05) is 37.5 Å². The summed E-state index contributed by atoms with van der Waals surface area (Å²) in [4.78, 5) is 13.5. The first-order valence-corrected chi connectivity index (χ1v) is 10.1. The molecule has 0 fully saturated rings. The van der Waals surface area contributed by atoms with Gasteiger partial charge in [-0.15, -0.1) is 0 Å². The van der Waals surface area contributed by atoms with Gasteiger partial charge in [0.2, 0.25) is 0 Å². The molecule has 0 spiro atoms. The number of anilines is 1. The normalized spacial score (nSPS) is 10.9. The van der Waals surface area contributed by atoms with Crippen molar-refractivity contribution in [3.05, 3.63) is 71.4 Å². The number of nitriles is 1. The molecule has 0 bridgehead atoms. The van der Waals surface area contributed by atoms with Crippen LogP contribution < -0.4 is 5.32 Å². The maximum absolute atomic E-state index is 9.78. The van der Waals surface area contributed by atoms with E-state index in [1.165, 1.54) is 0 Å². The number of H-pyrrole nitrogens is 1. The Morgan fingerprint density at radius 1 is 1.19 bits per heavy atom. The number of aromatic amines is 1. The van der Waals surface area contributed by atoms with Crippen LogP contribution in [0.25, 0.3) is 33.5 Å². The Morgan fingerprint density at radius 3 is 2.84 bits per heavy atom. The highest BCUT2D eigenvalue weighted by molar-refractivity contribution is 6.35. The van der Waals surface area contributed by atoms with Crippen LogP contribution in [-0.2, 0) is 13.6 Å². The van der Waals surface area contributed by atoms with Gasteiger partial charge in [-0.25, -0.2) is 9.97 Å². The molecule has 10 heteroatoms. The predicted molar refractivity (Wildman–Crippen MR) is 121 cm³/mol. The van der Waals surface area contributed by atoms with Gasteiger partial charge >= 0.3 is 0 Å². The summed E-state index contributed by atoms with van der Waals surface area (Å²) in [5.41, 5.74) is 4.26. The Hall–Kier alpha value is -4.29. The van der Waals surface area contributed by atoms with Crippen molar-refractivity contribution in [1.82, 2.24) is 34.9 Å². The molecule has 0 aliphatic rings. The van der Waals surface area contributed by atoms with Crippen molar-refractivity contribution in [1.29, 1.82) is 5.26 Å². The van der Waals surface area contributed by atoms with E-state index in [1.54, 1.807) is 29.3 Å². The number of benzene rings is 1. The highest BCUT2D eigenvalue weighted by atomic mass is 35.5. The maximum atomic E-state index is 9.78. The molecule has 0 unspecified atom stereocenters. The fraction of sp³-hybridized carbons (Fsp3) is 0.0909. The second-order valence-electron chi connectivity index (χ2n) is 7.11. The number of halogens is 1. The fourth-order valence-electron chi connectivity index (χ4n) is 3.40. The van der Waals surface area contributed by atoms with Gasteiger partial charge in [0.15, 0.2) is 11.5 Å². The minimum Gasteiger partial charge on any atom is -0.364 e. The average Bonchev–Trinajstić information content (AvgIpc) is 3.47. The van der Waals surface area contributed by atoms with Crippen molar-refractivity contribution in [3.63, 3.8) is 0 Å². The summed E-state index contributed by atoms with van der Waals surface area (Å²) in [5.74, 6) is 0.372. The molecule has 4 aromatic heterocycles. The van der Waals surface area contributed by atoms with Gasteiger partial charge < -0.3 is 5.32 Å². The average molecular weight is 442 g/mol. The summed E-state index contributed by atoms with van der Waals surface area (Å²) >= 11 is 6.46. The molecule has 156 valence electrons. The molecular formula is C22H16ClN9. The summed E-state index contributed by atoms with van der Waals surface area (Å²) in [6.07, 6.45) is 6.98. The van der Waals surface area contributed by atoms with Crippen molar-refractivity contribution in [3.8, 4) is 28.7 Å². The van der Waals surface area contributed by atoms with Crippen molar-refractivity contribution in [2.24, 2.45) is 7.05 Å². The number of rotatable bonds is 5. The highest BCUT2D eigenvalue weighted by Crippen LogP contribution is 2.34. The van der Waals surface area contributed by atoms with E-state index < -0.39 is 0 Å². The SMILES string of the molecule is Cn1ccc(-c2nc(NCc3cccnc3)c(C#N)nc2-c2cc(Cl)c3[nH]ncc3c2)n1. The second-order valence-corrected chi connectivity index (χ2v) is 7.52. The summed E-state index contributed by atoms with van der Waals surface area (Å²) in [5, 5.41) is 25.7. The van der Waals surface area contributed by atoms with Crippen LogP contribution in [0.3, 0.4) is 0 Å². The van der Waals surface area contributed by atoms with Crippen molar-refractivity contribution < 1.29 is 0 Å². The molecule has 0 saturated carbocycles. The maximum Gasteiger partial charge on any atom is 0.183 e. The van der Waals surface area contributed by atoms with Gasteiger partial charge in [0.1, 0.15) is 23.2 Å². The van der Waals surface area contributed by atoms with Crippen LogP contribution in [0.4, 0.5) is 5.82 Å². The lowest BCUT2D eigenvalue weighted by Crippen LogP contribution is -2.08. The number of hydrogen-bond donors (Lipinski definition) is 2. The van der Waals surface area contributed by atoms with E-state index in [4.69, 9.17) is 16.6 Å². The second kappa shape index (κ2) is 8.09. The van der Waals surface area contributed by atoms with Gasteiger partial charge in [-0.3, -0.25) is 14.8 Å². The third-order valence-corrected chi connectivity index (χ3v) is 5.21. The number of nitrogens with zero attached hydrogens (tertiary/aromatic N) is 7. The molecule has 0 atom stereocenters. The van der Waals surface area contributed by atoms with Gasteiger partial charge in [-0.2, -0.15) is 15.5 Å². The zero-order valence-electron chi connectivity index (χ0n) is 16.9. The number of aromatic nitrogens is 7. The van der Waals surface area contributed by atoms with Crippen molar-refractivity contribution >= 4 is 28.3 Å². The molecule has 5 rings (SSSR count). The lowest BCUT2D eigenvalue weighted by atomic mass is 10.1. The summed E-state index contributed by atoms with van der Waals surface area (Å²) in [6.45, 7) is 0.449. The van der Waals surface area contributed by atoms with Crippen LogP contribution in [0.1, 0.15) is 11.3 Å². The summed E-state index contributed by atoms with van der Waals surface area (Å²) in [6, 6.07) is 11.5. The Bertz CT molecular complexity index is 1460. The molecule has 9 nitrogen and oxygen atoms in total. The third kappa shape index (κ3) is 3.64. The minimum absolute atomic E-state index is 0.173. The van der Waals surface area contributed by atoms with E-state index in [2.05, 4.69) is 36.7 Å². The number of nitrogens with one attached hydrogen (secondary N) is 2. The van der Waals surface area contributed by atoms with E-state index in [0.29, 0.717) is 40.0 Å². The third-order valence-electron chi connectivity index (χ3n) is 4.91. The van der Waals surface area contributed by atoms with Gasteiger partial charge in [0.05, 0.1) is 16.7 Å². The molecule has 0 radical (unpaired) electrons. The zero-order chi connectivity index (χ0) is 22.1. The molecule has 32 heavy (non-hydrogen) atoms. The van der Waals surface area contributed by atoms with Crippen LogP contribution in [0.5, 0.6) is 0 Å². The molecular weight excluding hydrogens is 426 g/mol. The monoisotopic (exact) mass is 441 g/mol. The molecule has 5 aromatic rings. The van der Waals surface area contributed by atoms with E-state index in [-0.39, 0.29) is 5.69 Å². The summed E-state index contributed by atoms with van der Waals surface area (Å²) < 4.78 is 1.69. The number of pyridine rings is 1. The number of fused-ring (bicyclic) bond motifs is 1. The van der Waals surface area contributed by atoms with Crippen molar-refractivity contribution in [2.45, 2.75) is 6.54 Å². The first-order valence-electron chi connectivity index (χ1n) is 9.70. The smallest absolute Gasteiger partial charge is 0.183 e. The molecule has 4 heterocycles. The van der Waals surface area contributed by atoms with Gasteiger partial charge in [0.25, 0.3) is 0 Å². The van der Waals surface area contributed by atoms with Gasteiger partial charge in [-0.1, -0.05) is 17.7 Å². The topological polar surface area (TPSA) is 121 Å². The Morgan fingerprint density at radius 2 is 2.09 bits per heavy atom. The molecule has 2 N–H and O–H groups in total. The van der Waals surface area contributed by atoms with Gasteiger partial charge in [0, 0.05) is 43.1 Å².